The number of aliphatic hydroxyl groups is 1. The molecule has 3 aromatic heterocycles. The lowest BCUT2D eigenvalue weighted by Crippen LogP contribution is -2.07. The minimum atomic E-state index is -0.411. The molecular formula is C13H13N5O. The molecule has 6 heteroatoms. The fourth-order valence-corrected chi connectivity index (χ4v) is 1.96. The Kier molecular flexibility index (Phi) is 2.92. The summed E-state index contributed by atoms with van der Waals surface area (Å²) in [7, 11) is 0. The standard InChI is InChI=1S/C13H13N5O/c1-9(19)6-10-3-5-18-12(7-15-13(18)17-10)11-2-4-14-8-16-11/h2-5,7-9,19H,6H2,1H3. The minimum absolute atomic E-state index is 0.411. The van der Waals surface area contributed by atoms with E-state index in [9.17, 15) is 5.11 Å². The SMILES string of the molecule is CC(O)Cc1ccn2c(-c3ccncn3)cnc2n1. The third-order valence-electron chi connectivity index (χ3n) is 2.79. The highest BCUT2D eigenvalue weighted by molar-refractivity contribution is 5.57. The van der Waals surface area contributed by atoms with E-state index in [0.717, 1.165) is 17.1 Å². The van der Waals surface area contributed by atoms with Gasteiger partial charge in [-0.15, -0.1) is 0 Å². The maximum absolute atomic E-state index is 9.38. The Morgan fingerprint density at radius 3 is 2.95 bits per heavy atom. The first-order chi connectivity index (χ1) is 9.24. The van der Waals surface area contributed by atoms with E-state index < -0.39 is 6.10 Å². The van der Waals surface area contributed by atoms with Gasteiger partial charge in [0.05, 0.1) is 23.7 Å². The van der Waals surface area contributed by atoms with E-state index >= 15 is 0 Å². The fourth-order valence-electron chi connectivity index (χ4n) is 1.96. The molecule has 0 bridgehead atoms. The van der Waals surface area contributed by atoms with Crippen molar-refractivity contribution in [3.63, 3.8) is 0 Å². The predicted molar refractivity (Wildman–Crippen MR) is 69.4 cm³/mol. The van der Waals surface area contributed by atoms with Gasteiger partial charge in [0.25, 0.3) is 0 Å². The van der Waals surface area contributed by atoms with Gasteiger partial charge in [-0.1, -0.05) is 0 Å². The number of hydrogen-bond acceptors (Lipinski definition) is 5. The zero-order chi connectivity index (χ0) is 13.2. The summed E-state index contributed by atoms with van der Waals surface area (Å²) < 4.78 is 1.87. The van der Waals surface area contributed by atoms with E-state index in [0.29, 0.717) is 12.2 Å². The third-order valence-corrected chi connectivity index (χ3v) is 2.79. The van der Waals surface area contributed by atoms with E-state index in [1.807, 2.05) is 22.7 Å². The highest BCUT2D eigenvalue weighted by Gasteiger charge is 2.09. The first kappa shape index (κ1) is 11.7. The summed E-state index contributed by atoms with van der Waals surface area (Å²) >= 11 is 0. The lowest BCUT2D eigenvalue weighted by atomic mass is 10.2. The Hall–Kier alpha value is -2.34. The molecule has 6 nitrogen and oxygen atoms in total. The Bertz CT molecular complexity index is 693. The number of imidazole rings is 1. The van der Waals surface area contributed by atoms with Crippen LogP contribution in [0, 0.1) is 0 Å². The van der Waals surface area contributed by atoms with Gasteiger partial charge in [-0.3, -0.25) is 4.40 Å². The zero-order valence-corrected chi connectivity index (χ0v) is 10.4. The number of aliphatic hydroxyl groups excluding tert-OH is 1. The second-order valence-electron chi connectivity index (χ2n) is 4.38. The maximum Gasteiger partial charge on any atom is 0.234 e. The highest BCUT2D eigenvalue weighted by Crippen LogP contribution is 2.17. The van der Waals surface area contributed by atoms with Crippen LogP contribution < -0.4 is 0 Å². The first-order valence-corrected chi connectivity index (χ1v) is 6.01. The fraction of sp³-hybridized carbons (Fsp3) is 0.231. The van der Waals surface area contributed by atoms with E-state index in [-0.39, 0.29) is 0 Å². The van der Waals surface area contributed by atoms with Crippen LogP contribution in [-0.2, 0) is 6.42 Å². The van der Waals surface area contributed by atoms with E-state index in [1.54, 1.807) is 19.3 Å². The molecule has 19 heavy (non-hydrogen) atoms. The molecule has 0 spiro atoms. The number of hydrogen-bond donors (Lipinski definition) is 1. The predicted octanol–water partition coefficient (Wildman–Crippen LogP) is 1.11. The molecule has 0 aliphatic rings. The van der Waals surface area contributed by atoms with Crippen molar-refractivity contribution in [2.24, 2.45) is 0 Å². The van der Waals surface area contributed by atoms with E-state index in [1.165, 1.54) is 6.33 Å². The van der Waals surface area contributed by atoms with Gasteiger partial charge < -0.3 is 5.11 Å². The largest absolute Gasteiger partial charge is 0.393 e. The average molecular weight is 255 g/mol. The van der Waals surface area contributed by atoms with Crippen molar-refractivity contribution in [3.8, 4) is 11.4 Å². The zero-order valence-electron chi connectivity index (χ0n) is 10.4. The Balaban J connectivity index is 2.05. The summed E-state index contributed by atoms with van der Waals surface area (Å²) in [4.78, 5) is 16.8. The molecule has 3 aromatic rings. The van der Waals surface area contributed by atoms with Gasteiger partial charge in [-0.2, -0.15) is 0 Å². The molecule has 1 unspecified atom stereocenters. The average Bonchev–Trinajstić information content (AvgIpc) is 2.82. The normalized spacial score (nSPS) is 12.7. The van der Waals surface area contributed by atoms with Crippen LogP contribution in [0.2, 0.25) is 0 Å². The summed E-state index contributed by atoms with van der Waals surface area (Å²) in [6.45, 7) is 1.74. The molecular weight excluding hydrogens is 242 g/mol. The second-order valence-corrected chi connectivity index (χ2v) is 4.38. The highest BCUT2D eigenvalue weighted by atomic mass is 16.3. The monoisotopic (exact) mass is 255 g/mol. The summed E-state index contributed by atoms with van der Waals surface area (Å²) in [6.07, 6.45) is 6.93. The molecule has 0 radical (unpaired) electrons. The van der Waals surface area contributed by atoms with Gasteiger partial charge >= 0.3 is 0 Å². The van der Waals surface area contributed by atoms with Crippen LogP contribution in [0.1, 0.15) is 12.6 Å². The van der Waals surface area contributed by atoms with Gasteiger partial charge in [0.15, 0.2) is 0 Å². The molecule has 1 atom stereocenters. The molecule has 0 saturated heterocycles. The quantitative estimate of drug-likeness (QED) is 0.758. The van der Waals surface area contributed by atoms with Gasteiger partial charge in [-0.05, 0) is 19.1 Å². The van der Waals surface area contributed by atoms with Crippen LogP contribution in [0.4, 0.5) is 0 Å². The van der Waals surface area contributed by atoms with Gasteiger partial charge in [-0.25, -0.2) is 19.9 Å². The molecule has 0 saturated carbocycles. The van der Waals surface area contributed by atoms with Crippen molar-refractivity contribution in [1.82, 2.24) is 24.3 Å². The number of aromatic nitrogens is 5. The number of nitrogens with zero attached hydrogens (tertiary/aromatic N) is 5. The van der Waals surface area contributed by atoms with E-state index in [4.69, 9.17) is 0 Å². The van der Waals surface area contributed by atoms with Crippen molar-refractivity contribution >= 4 is 5.78 Å². The van der Waals surface area contributed by atoms with Crippen molar-refractivity contribution in [1.29, 1.82) is 0 Å². The first-order valence-electron chi connectivity index (χ1n) is 6.01. The topological polar surface area (TPSA) is 76.2 Å². The van der Waals surface area contributed by atoms with Crippen LogP contribution in [-0.4, -0.2) is 35.5 Å². The molecule has 0 fully saturated rings. The van der Waals surface area contributed by atoms with Crippen molar-refractivity contribution < 1.29 is 5.11 Å². The molecule has 1 N–H and O–H groups in total. The third kappa shape index (κ3) is 2.30. The van der Waals surface area contributed by atoms with Gasteiger partial charge in [0.1, 0.15) is 6.33 Å². The molecule has 3 heterocycles. The lowest BCUT2D eigenvalue weighted by Gasteiger charge is -2.04. The smallest absolute Gasteiger partial charge is 0.234 e. The Morgan fingerprint density at radius 1 is 1.32 bits per heavy atom. The summed E-state index contributed by atoms with van der Waals surface area (Å²) in [5.41, 5.74) is 2.49. The second kappa shape index (κ2) is 4.74. The van der Waals surface area contributed by atoms with Crippen LogP contribution in [0.5, 0.6) is 0 Å². The van der Waals surface area contributed by atoms with Crippen molar-refractivity contribution in [2.45, 2.75) is 19.4 Å². The van der Waals surface area contributed by atoms with E-state index in [2.05, 4.69) is 19.9 Å². The lowest BCUT2D eigenvalue weighted by molar-refractivity contribution is 0.194. The molecule has 96 valence electrons. The van der Waals surface area contributed by atoms with Gasteiger partial charge in [0.2, 0.25) is 5.78 Å². The Morgan fingerprint density at radius 2 is 2.21 bits per heavy atom. The summed E-state index contributed by atoms with van der Waals surface area (Å²) in [5, 5.41) is 9.38. The maximum atomic E-state index is 9.38. The molecule has 3 rings (SSSR count). The van der Waals surface area contributed by atoms with Crippen LogP contribution in [0.3, 0.4) is 0 Å². The molecule has 0 aromatic carbocycles. The molecule has 0 aliphatic carbocycles. The number of fused-ring (bicyclic) bond motifs is 1. The van der Waals surface area contributed by atoms with Crippen molar-refractivity contribution in [2.75, 3.05) is 0 Å². The minimum Gasteiger partial charge on any atom is -0.393 e. The van der Waals surface area contributed by atoms with Crippen LogP contribution >= 0.6 is 0 Å². The summed E-state index contributed by atoms with van der Waals surface area (Å²) in [6, 6.07) is 3.71. The summed E-state index contributed by atoms with van der Waals surface area (Å²) in [5.74, 6) is 0.603. The van der Waals surface area contributed by atoms with Crippen LogP contribution in [0.25, 0.3) is 17.2 Å². The molecule has 0 aliphatic heterocycles. The van der Waals surface area contributed by atoms with Crippen molar-refractivity contribution in [3.05, 3.63) is 42.7 Å². The Labute approximate surface area is 109 Å². The molecule has 0 amide bonds. The van der Waals surface area contributed by atoms with Crippen LogP contribution in [0.15, 0.2) is 37.1 Å². The van der Waals surface area contributed by atoms with Gasteiger partial charge in [0, 0.05) is 24.5 Å². The number of rotatable bonds is 3.